The molecule has 0 fully saturated rings. The van der Waals surface area contributed by atoms with Gasteiger partial charge in [0.15, 0.2) is 5.16 Å². The Bertz CT molecular complexity index is 1370. The highest BCUT2D eigenvalue weighted by atomic mass is 35.5. The highest BCUT2D eigenvalue weighted by Crippen LogP contribution is 2.26. The van der Waals surface area contributed by atoms with E-state index in [9.17, 15) is 14.0 Å². The number of hydrogen-bond donors (Lipinski definition) is 1. The first-order valence-electron chi connectivity index (χ1n) is 9.29. The summed E-state index contributed by atoms with van der Waals surface area (Å²) in [6.07, 6.45) is 0. The van der Waals surface area contributed by atoms with Crippen LogP contribution in [0.15, 0.2) is 57.8 Å². The first-order chi connectivity index (χ1) is 14.8. The van der Waals surface area contributed by atoms with E-state index in [1.165, 1.54) is 23.5 Å². The van der Waals surface area contributed by atoms with Crippen molar-refractivity contribution in [2.45, 2.75) is 19.0 Å². The van der Waals surface area contributed by atoms with E-state index >= 15 is 0 Å². The Morgan fingerprint density at radius 3 is 2.81 bits per heavy atom. The second-order valence-electron chi connectivity index (χ2n) is 6.92. The quantitative estimate of drug-likeness (QED) is 0.303. The SMILES string of the molecule is Cc1ccc(C)c(-n2c(SCC(=O)Nc3ccc(Cl)cc3F)nc3ccsc3c2=O)c1. The standard InChI is InChI=1S/C22H17ClFN3O2S2/c1-12-3-4-13(2)18(9-12)27-21(29)20-17(7-8-30-20)26-22(27)31-11-19(28)25-16-6-5-14(23)10-15(16)24/h3-10H,11H2,1-2H3,(H,25,28). The van der Waals surface area contributed by atoms with E-state index in [2.05, 4.69) is 10.3 Å². The van der Waals surface area contributed by atoms with Crippen molar-refractivity contribution >= 4 is 56.5 Å². The molecule has 0 aliphatic carbocycles. The molecule has 2 heterocycles. The molecule has 0 radical (unpaired) electrons. The van der Waals surface area contributed by atoms with Crippen molar-refractivity contribution in [1.29, 1.82) is 0 Å². The third kappa shape index (κ3) is 4.51. The number of thioether (sulfide) groups is 1. The number of halogens is 2. The molecule has 9 heteroatoms. The monoisotopic (exact) mass is 473 g/mol. The van der Waals surface area contributed by atoms with Crippen LogP contribution in [0.5, 0.6) is 0 Å². The number of anilines is 1. The van der Waals surface area contributed by atoms with Gasteiger partial charge in [-0.15, -0.1) is 11.3 Å². The lowest BCUT2D eigenvalue weighted by Crippen LogP contribution is -2.23. The topological polar surface area (TPSA) is 64.0 Å². The van der Waals surface area contributed by atoms with Gasteiger partial charge < -0.3 is 5.32 Å². The molecule has 0 spiro atoms. The average Bonchev–Trinajstić information content (AvgIpc) is 3.20. The number of fused-ring (bicyclic) bond motifs is 1. The van der Waals surface area contributed by atoms with Crippen LogP contribution in [-0.4, -0.2) is 21.2 Å². The summed E-state index contributed by atoms with van der Waals surface area (Å²) in [5, 5.41) is 4.99. The van der Waals surface area contributed by atoms with Crippen molar-refractivity contribution in [2.75, 3.05) is 11.1 Å². The number of carbonyl (C=O) groups excluding carboxylic acids is 1. The first kappa shape index (κ1) is 21.5. The molecule has 1 amide bonds. The molecule has 0 saturated heterocycles. The molecule has 1 N–H and O–H groups in total. The number of hydrogen-bond acceptors (Lipinski definition) is 5. The predicted molar refractivity (Wildman–Crippen MR) is 125 cm³/mol. The summed E-state index contributed by atoms with van der Waals surface area (Å²) in [6.45, 7) is 3.87. The van der Waals surface area contributed by atoms with Crippen LogP contribution < -0.4 is 10.9 Å². The molecule has 0 bridgehead atoms. The summed E-state index contributed by atoms with van der Waals surface area (Å²) in [6, 6.07) is 11.7. The zero-order valence-electron chi connectivity index (χ0n) is 16.6. The van der Waals surface area contributed by atoms with Gasteiger partial charge in [-0.3, -0.25) is 14.2 Å². The van der Waals surface area contributed by atoms with Crippen molar-refractivity contribution in [3.8, 4) is 5.69 Å². The molecule has 5 nitrogen and oxygen atoms in total. The maximum atomic E-state index is 14.0. The van der Waals surface area contributed by atoms with Gasteiger partial charge in [0.25, 0.3) is 5.56 Å². The summed E-state index contributed by atoms with van der Waals surface area (Å²) in [5.74, 6) is -1.08. The van der Waals surface area contributed by atoms with Crippen LogP contribution in [0, 0.1) is 19.7 Å². The fourth-order valence-electron chi connectivity index (χ4n) is 3.07. The van der Waals surface area contributed by atoms with Crippen molar-refractivity contribution in [3.05, 3.63) is 80.2 Å². The van der Waals surface area contributed by atoms with Crippen molar-refractivity contribution < 1.29 is 9.18 Å². The molecule has 4 aromatic rings. The molecule has 2 aromatic carbocycles. The summed E-state index contributed by atoms with van der Waals surface area (Å²) < 4.78 is 16.1. The Kier molecular flexibility index (Phi) is 6.13. The Morgan fingerprint density at radius 2 is 2.03 bits per heavy atom. The fourth-order valence-corrected chi connectivity index (χ4v) is 4.79. The van der Waals surface area contributed by atoms with E-state index in [0.717, 1.165) is 34.6 Å². The molecular weight excluding hydrogens is 457 g/mol. The summed E-state index contributed by atoms with van der Waals surface area (Å²) in [7, 11) is 0. The number of thiophene rings is 1. The van der Waals surface area contributed by atoms with Gasteiger partial charge in [0.2, 0.25) is 5.91 Å². The molecule has 4 rings (SSSR count). The smallest absolute Gasteiger partial charge is 0.276 e. The zero-order valence-corrected chi connectivity index (χ0v) is 19.0. The maximum Gasteiger partial charge on any atom is 0.276 e. The van der Waals surface area contributed by atoms with Crippen LogP contribution >= 0.6 is 34.7 Å². The third-order valence-electron chi connectivity index (χ3n) is 4.59. The van der Waals surface area contributed by atoms with Gasteiger partial charge in [-0.25, -0.2) is 9.37 Å². The minimum Gasteiger partial charge on any atom is -0.323 e. The predicted octanol–water partition coefficient (Wildman–Crippen LogP) is 5.59. The molecule has 0 aliphatic heterocycles. The first-order valence-corrected chi connectivity index (χ1v) is 11.5. The van der Waals surface area contributed by atoms with Gasteiger partial charge in [0.1, 0.15) is 10.5 Å². The van der Waals surface area contributed by atoms with Crippen LogP contribution in [0.2, 0.25) is 5.02 Å². The lowest BCUT2D eigenvalue weighted by Gasteiger charge is -2.15. The van der Waals surface area contributed by atoms with Crippen LogP contribution in [0.1, 0.15) is 11.1 Å². The van der Waals surface area contributed by atoms with Crippen molar-refractivity contribution in [1.82, 2.24) is 9.55 Å². The van der Waals surface area contributed by atoms with Gasteiger partial charge in [0.05, 0.1) is 22.6 Å². The third-order valence-corrected chi connectivity index (χ3v) is 6.66. The normalized spacial score (nSPS) is 11.1. The average molecular weight is 474 g/mol. The summed E-state index contributed by atoms with van der Waals surface area (Å²) in [4.78, 5) is 30.3. The Morgan fingerprint density at radius 1 is 1.23 bits per heavy atom. The molecular formula is C22H17ClFN3O2S2. The number of aryl methyl sites for hydroxylation is 2. The van der Waals surface area contributed by atoms with E-state index in [1.807, 2.05) is 37.4 Å². The van der Waals surface area contributed by atoms with E-state index < -0.39 is 11.7 Å². The van der Waals surface area contributed by atoms with E-state index in [-0.39, 0.29) is 22.0 Å². The number of rotatable bonds is 5. The molecule has 2 aromatic heterocycles. The molecule has 0 atom stereocenters. The number of nitrogens with zero attached hydrogens (tertiary/aromatic N) is 2. The highest BCUT2D eigenvalue weighted by molar-refractivity contribution is 7.99. The number of amides is 1. The highest BCUT2D eigenvalue weighted by Gasteiger charge is 2.17. The van der Waals surface area contributed by atoms with E-state index in [1.54, 1.807) is 10.6 Å². The maximum absolute atomic E-state index is 14.0. The van der Waals surface area contributed by atoms with Gasteiger partial charge in [-0.1, -0.05) is 35.5 Å². The van der Waals surface area contributed by atoms with Gasteiger partial charge >= 0.3 is 0 Å². The van der Waals surface area contributed by atoms with Crippen molar-refractivity contribution in [3.63, 3.8) is 0 Å². The zero-order chi connectivity index (χ0) is 22.1. The van der Waals surface area contributed by atoms with Crippen LogP contribution in [0.25, 0.3) is 15.9 Å². The van der Waals surface area contributed by atoms with Crippen molar-refractivity contribution in [2.24, 2.45) is 0 Å². The largest absolute Gasteiger partial charge is 0.323 e. The van der Waals surface area contributed by atoms with E-state index in [0.29, 0.717) is 15.4 Å². The minimum atomic E-state index is -0.615. The molecule has 0 saturated carbocycles. The summed E-state index contributed by atoms with van der Waals surface area (Å²) >= 11 is 8.21. The van der Waals surface area contributed by atoms with Gasteiger partial charge in [0, 0.05) is 5.02 Å². The lowest BCUT2D eigenvalue weighted by molar-refractivity contribution is -0.113. The van der Waals surface area contributed by atoms with Gasteiger partial charge in [-0.2, -0.15) is 0 Å². The molecule has 31 heavy (non-hydrogen) atoms. The van der Waals surface area contributed by atoms with Crippen LogP contribution in [0.3, 0.4) is 0 Å². The number of carbonyl (C=O) groups is 1. The Labute approximate surface area is 190 Å². The van der Waals surface area contributed by atoms with Crippen LogP contribution in [-0.2, 0) is 4.79 Å². The Balaban J connectivity index is 1.67. The van der Waals surface area contributed by atoms with Gasteiger partial charge in [-0.05, 0) is 60.7 Å². The number of benzene rings is 2. The summed E-state index contributed by atoms with van der Waals surface area (Å²) in [5.41, 5.74) is 3.09. The lowest BCUT2D eigenvalue weighted by atomic mass is 10.1. The van der Waals surface area contributed by atoms with Crippen LogP contribution in [0.4, 0.5) is 10.1 Å². The van der Waals surface area contributed by atoms with E-state index in [4.69, 9.17) is 11.6 Å². The molecule has 158 valence electrons. The number of nitrogens with one attached hydrogen (secondary N) is 1. The Hall–Kier alpha value is -2.68. The molecule has 0 aliphatic rings. The minimum absolute atomic E-state index is 0.0446. The second-order valence-corrected chi connectivity index (χ2v) is 9.22. The number of aromatic nitrogens is 2. The fraction of sp³-hybridized carbons (Fsp3) is 0.136. The molecule has 0 unspecified atom stereocenters. The second kappa shape index (κ2) is 8.82.